The molecule has 1 fully saturated rings. The highest BCUT2D eigenvalue weighted by atomic mass is 32.1. The number of nitrogens with zero attached hydrogens (tertiary/aromatic N) is 4. The van der Waals surface area contributed by atoms with Crippen LogP contribution in [-0.2, 0) is 20.1 Å². The minimum atomic E-state index is -0.00405. The van der Waals surface area contributed by atoms with E-state index in [0.29, 0.717) is 6.54 Å². The highest BCUT2D eigenvalue weighted by Gasteiger charge is 2.23. The maximum absolute atomic E-state index is 12.6. The van der Waals surface area contributed by atoms with E-state index in [-0.39, 0.29) is 12.1 Å². The minimum Gasteiger partial charge on any atom is -0.334 e. The SMILES string of the molecule is Cc1nn(C)c(C)c1CN(C)C(=O)NC1CCCN(Cc2cccs2)C1. The zero-order chi connectivity index (χ0) is 18.7. The Bertz CT molecular complexity index is 739. The first-order valence-corrected chi connectivity index (χ1v) is 10.1. The molecule has 0 radical (unpaired) electrons. The molecule has 1 unspecified atom stereocenters. The molecule has 142 valence electrons. The van der Waals surface area contributed by atoms with Crippen LogP contribution in [0.15, 0.2) is 17.5 Å². The lowest BCUT2D eigenvalue weighted by atomic mass is 10.1. The molecule has 2 aromatic heterocycles. The van der Waals surface area contributed by atoms with Crippen LogP contribution in [0, 0.1) is 13.8 Å². The summed E-state index contributed by atoms with van der Waals surface area (Å²) in [7, 11) is 3.80. The molecule has 26 heavy (non-hydrogen) atoms. The van der Waals surface area contributed by atoms with Gasteiger partial charge in [0, 0.05) is 49.4 Å². The molecule has 1 N–H and O–H groups in total. The van der Waals surface area contributed by atoms with Crippen LogP contribution in [0.2, 0.25) is 0 Å². The van der Waals surface area contributed by atoms with Crippen molar-refractivity contribution in [2.45, 2.75) is 45.8 Å². The monoisotopic (exact) mass is 375 g/mol. The second kappa shape index (κ2) is 8.22. The third-order valence-corrected chi connectivity index (χ3v) is 6.05. The van der Waals surface area contributed by atoms with Crippen LogP contribution >= 0.6 is 11.3 Å². The Morgan fingerprint density at radius 2 is 2.27 bits per heavy atom. The lowest BCUT2D eigenvalue weighted by Gasteiger charge is -2.33. The largest absolute Gasteiger partial charge is 0.334 e. The summed E-state index contributed by atoms with van der Waals surface area (Å²) < 4.78 is 1.87. The number of urea groups is 1. The summed E-state index contributed by atoms with van der Waals surface area (Å²) in [5, 5.41) is 9.77. The van der Waals surface area contributed by atoms with Crippen LogP contribution in [0.4, 0.5) is 4.79 Å². The molecular formula is C19H29N5OS. The lowest BCUT2D eigenvalue weighted by Crippen LogP contribution is -2.50. The molecule has 1 saturated heterocycles. The van der Waals surface area contributed by atoms with Gasteiger partial charge in [-0.15, -0.1) is 11.3 Å². The van der Waals surface area contributed by atoms with E-state index >= 15 is 0 Å². The lowest BCUT2D eigenvalue weighted by molar-refractivity contribution is 0.168. The number of thiophene rings is 1. The van der Waals surface area contributed by atoms with E-state index in [4.69, 9.17) is 0 Å². The van der Waals surface area contributed by atoms with E-state index in [1.165, 1.54) is 4.88 Å². The van der Waals surface area contributed by atoms with E-state index < -0.39 is 0 Å². The van der Waals surface area contributed by atoms with Gasteiger partial charge in [-0.05, 0) is 44.7 Å². The number of aromatic nitrogens is 2. The zero-order valence-electron chi connectivity index (χ0n) is 16.2. The molecule has 0 aliphatic carbocycles. The summed E-state index contributed by atoms with van der Waals surface area (Å²) in [5.74, 6) is 0. The third-order valence-electron chi connectivity index (χ3n) is 5.19. The van der Waals surface area contributed by atoms with Crippen molar-refractivity contribution in [1.29, 1.82) is 0 Å². The van der Waals surface area contributed by atoms with E-state index in [9.17, 15) is 4.79 Å². The van der Waals surface area contributed by atoms with Crippen LogP contribution in [-0.4, -0.2) is 51.8 Å². The molecule has 7 heteroatoms. The van der Waals surface area contributed by atoms with Crippen molar-refractivity contribution in [3.05, 3.63) is 39.3 Å². The van der Waals surface area contributed by atoms with Crippen molar-refractivity contribution in [1.82, 2.24) is 24.9 Å². The van der Waals surface area contributed by atoms with Crippen LogP contribution in [0.5, 0.6) is 0 Å². The van der Waals surface area contributed by atoms with Gasteiger partial charge in [0.05, 0.1) is 12.2 Å². The molecule has 3 heterocycles. The maximum Gasteiger partial charge on any atom is 0.317 e. The minimum absolute atomic E-state index is 0.00405. The molecule has 2 aromatic rings. The normalized spacial score (nSPS) is 18.1. The average molecular weight is 376 g/mol. The number of likely N-dealkylation sites (tertiary alicyclic amines) is 1. The summed E-state index contributed by atoms with van der Waals surface area (Å²) in [5.41, 5.74) is 3.24. The van der Waals surface area contributed by atoms with Gasteiger partial charge in [-0.1, -0.05) is 6.07 Å². The maximum atomic E-state index is 12.6. The number of nitrogens with one attached hydrogen (secondary N) is 1. The fourth-order valence-corrected chi connectivity index (χ4v) is 4.33. The van der Waals surface area contributed by atoms with E-state index in [2.05, 4.69) is 32.8 Å². The number of carbonyl (C=O) groups is 1. The quantitative estimate of drug-likeness (QED) is 0.874. The number of carbonyl (C=O) groups excluding carboxylic acids is 1. The summed E-state index contributed by atoms with van der Waals surface area (Å²) >= 11 is 1.80. The number of amides is 2. The summed E-state index contributed by atoms with van der Waals surface area (Å²) in [6.07, 6.45) is 2.17. The van der Waals surface area contributed by atoms with Crippen molar-refractivity contribution >= 4 is 17.4 Å². The Kier molecular flexibility index (Phi) is 5.98. The molecule has 1 aliphatic rings. The molecule has 1 atom stereocenters. The highest BCUT2D eigenvalue weighted by Crippen LogP contribution is 2.18. The molecule has 6 nitrogen and oxygen atoms in total. The fourth-order valence-electron chi connectivity index (χ4n) is 3.58. The van der Waals surface area contributed by atoms with E-state index in [0.717, 1.165) is 49.4 Å². The number of hydrogen-bond donors (Lipinski definition) is 1. The van der Waals surface area contributed by atoms with Gasteiger partial charge < -0.3 is 10.2 Å². The van der Waals surface area contributed by atoms with Crippen molar-refractivity contribution in [3.63, 3.8) is 0 Å². The van der Waals surface area contributed by atoms with Crippen LogP contribution in [0.3, 0.4) is 0 Å². The van der Waals surface area contributed by atoms with Gasteiger partial charge >= 0.3 is 6.03 Å². The third kappa shape index (κ3) is 4.45. The topological polar surface area (TPSA) is 53.4 Å². The second-order valence-electron chi connectivity index (χ2n) is 7.23. The van der Waals surface area contributed by atoms with Crippen molar-refractivity contribution < 1.29 is 4.79 Å². The second-order valence-corrected chi connectivity index (χ2v) is 8.26. The predicted molar refractivity (Wildman–Crippen MR) is 105 cm³/mol. The Morgan fingerprint density at radius 3 is 2.92 bits per heavy atom. The number of piperidine rings is 1. The molecular weight excluding hydrogens is 346 g/mol. The van der Waals surface area contributed by atoms with E-state index in [1.807, 2.05) is 32.6 Å². The van der Waals surface area contributed by atoms with Crippen LogP contribution < -0.4 is 5.32 Å². The van der Waals surface area contributed by atoms with Crippen LogP contribution in [0.1, 0.15) is 34.7 Å². The molecule has 0 aromatic carbocycles. The van der Waals surface area contributed by atoms with Gasteiger partial charge in [0.2, 0.25) is 0 Å². The average Bonchev–Trinajstić information content (AvgIpc) is 3.19. The van der Waals surface area contributed by atoms with Crippen LogP contribution in [0.25, 0.3) is 0 Å². The zero-order valence-corrected chi connectivity index (χ0v) is 17.0. The van der Waals surface area contributed by atoms with Gasteiger partial charge in [-0.2, -0.15) is 5.10 Å². The van der Waals surface area contributed by atoms with Gasteiger partial charge in [-0.3, -0.25) is 9.58 Å². The molecule has 1 aliphatic heterocycles. The fraction of sp³-hybridized carbons (Fsp3) is 0.579. The molecule has 0 spiro atoms. The molecule has 2 amide bonds. The Labute approximate surface area is 159 Å². The first-order chi connectivity index (χ1) is 12.4. The summed E-state index contributed by atoms with van der Waals surface area (Å²) in [4.78, 5) is 18.2. The van der Waals surface area contributed by atoms with Gasteiger partial charge in [0.15, 0.2) is 0 Å². The smallest absolute Gasteiger partial charge is 0.317 e. The predicted octanol–water partition coefficient (Wildman–Crippen LogP) is 2.90. The molecule has 0 bridgehead atoms. The van der Waals surface area contributed by atoms with Gasteiger partial charge in [0.1, 0.15) is 0 Å². The Morgan fingerprint density at radius 1 is 1.46 bits per heavy atom. The first-order valence-electron chi connectivity index (χ1n) is 9.19. The van der Waals surface area contributed by atoms with Crippen molar-refractivity contribution in [2.24, 2.45) is 7.05 Å². The van der Waals surface area contributed by atoms with Crippen molar-refractivity contribution in [2.75, 3.05) is 20.1 Å². The first kappa shape index (κ1) is 18.9. The number of rotatable bonds is 5. The highest BCUT2D eigenvalue weighted by molar-refractivity contribution is 7.09. The molecule has 3 rings (SSSR count). The Hall–Kier alpha value is -1.86. The Balaban J connectivity index is 1.53. The van der Waals surface area contributed by atoms with E-state index in [1.54, 1.807) is 16.2 Å². The summed E-state index contributed by atoms with van der Waals surface area (Å²) in [6, 6.07) is 4.49. The van der Waals surface area contributed by atoms with Crippen molar-refractivity contribution in [3.8, 4) is 0 Å². The number of aryl methyl sites for hydroxylation is 2. The summed E-state index contributed by atoms with van der Waals surface area (Å²) in [6.45, 7) is 7.63. The standard InChI is InChI=1S/C19H29N5OS/c1-14-18(15(2)23(4)21-14)13-22(3)19(25)20-16-7-5-9-24(11-16)12-17-8-6-10-26-17/h6,8,10,16H,5,7,9,11-13H2,1-4H3,(H,20,25). The molecule has 0 saturated carbocycles. The van der Waals surface area contributed by atoms with Gasteiger partial charge in [-0.25, -0.2) is 4.79 Å². The van der Waals surface area contributed by atoms with Gasteiger partial charge in [0.25, 0.3) is 0 Å². The number of hydrogen-bond acceptors (Lipinski definition) is 4.